The average Bonchev–Trinajstić information content (AvgIpc) is 2.36. The number of nitrogens with zero attached hydrogens (tertiary/aromatic N) is 1. The number of rotatable bonds is 3. The zero-order chi connectivity index (χ0) is 14.0. The van der Waals surface area contributed by atoms with Crippen molar-refractivity contribution in [2.75, 3.05) is 6.61 Å². The first-order chi connectivity index (χ1) is 8.91. The van der Waals surface area contributed by atoms with Gasteiger partial charge in [-0.05, 0) is 30.3 Å². The Labute approximate surface area is 108 Å². The lowest BCUT2D eigenvalue weighted by Gasteiger charge is -2.13. The zero-order valence-corrected chi connectivity index (χ0v) is 10.3. The van der Waals surface area contributed by atoms with Gasteiger partial charge >= 0.3 is 10.2 Å². The first kappa shape index (κ1) is 13.4. The molecule has 0 fully saturated rings. The van der Waals surface area contributed by atoms with Crippen molar-refractivity contribution >= 4 is 21.7 Å². The number of benzene rings is 1. The third kappa shape index (κ3) is 3.04. The quantitative estimate of drug-likeness (QED) is 0.810. The van der Waals surface area contributed by atoms with Crippen molar-refractivity contribution in [3.05, 3.63) is 47.4 Å². The van der Waals surface area contributed by atoms with Gasteiger partial charge < -0.3 is 5.11 Å². The fourth-order valence-electron chi connectivity index (χ4n) is 1.46. The normalized spacial score (nSPS) is 17.2. The highest BCUT2D eigenvalue weighted by Crippen LogP contribution is 2.13. The molecular formula is C11H9FN2O4S. The van der Waals surface area contributed by atoms with Gasteiger partial charge in [0.05, 0.1) is 11.4 Å². The summed E-state index contributed by atoms with van der Waals surface area (Å²) in [4.78, 5) is 11.3. The second-order valence-electron chi connectivity index (χ2n) is 3.70. The lowest BCUT2D eigenvalue weighted by atomic mass is 10.1. The molecule has 2 N–H and O–H groups in total. The average molecular weight is 284 g/mol. The van der Waals surface area contributed by atoms with Gasteiger partial charge in [-0.1, -0.05) is 0 Å². The first-order valence-corrected chi connectivity index (χ1v) is 6.60. The topological polar surface area (TPSA) is 95.8 Å². The molecule has 1 aromatic carbocycles. The number of aliphatic hydroxyl groups excluding tert-OH is 1. The molecule has 0 aliphatic carbocycles. The molecule has 0 saturated carbocycles. The smallest absolute Gasteiger partial charge is 0.342 e. The number of carbonyl (C=O) groups excluding carboxylic acids is 1. The predicted molar refractivity (Wildman–Crippen MR) is 65.2 cm³/mol. The highest BCUT2D eigenvalue weighted by Gasteiger charge is 2.22. The Morgan fingerprint density at radius 1 is 1.32 bits per heavy atom. The minimum atomic E-state index is -4.05. The van der Waals surface area contributed by atoms with Gasteiger partial charge in [-0.2, -0.15) is 8.42 Å². The Balaban J connectivity index is 2.48. The SMILES string of the molecule is O=C(CO)C1=CC(c2ccc(F)cc2)=NS(=O)(=O)N1. The third-order valence-electron chi connectivity index (χ3n) is 2.32. The van der Waals surface area contributed by atoms with Gasteiger partial charge in [-0.25, -0.2) is 4.39 Å². The van der Waals surface area contributed by atoms with Crippen LogP contribution in [0.1, 0.15) is 5.56 Å². The minimum absolute atomic E-state index is 0.00412. The summed E-state index contributed by atoms with van der Waals surface area (Å²) in [6.45, 7) is -0.828. The first-order valence-electron chi connectivity index (χ1n) is 5.16. The fraction of sp³-hybridized carbons (Fsp3) is 0.0909. The van der Waals surface area contributed by atoms with Gasteiger partial charge in [0, 0.05) is 5.56 Å². The van der Waals surface area contributed by atoms with Crippen molar-refractivity contribution in [3.63, 3.8) is 0 Å². The number of hydrogen-bond acceptors (Lipinski definition) is 4. The number of Topliss-reactive ketones (excluding diaryl/α,β-unsaturated/α-hetero) is 1. The lowest BCUT2D eigenvalue weighted by Crippen LogP contribution is -2.32. The maximum absolute atomic E-state index is 12.8. The fourth-order valence-corrected chi connectivity index (χ4v) is 2.38. The van der Waals surface area contributed by atoms with E-state index >= 15 is 0 Å². The molecule has 0 amide bonds. The van der Waals surface area contributed by atoms with Crippen molar-refractivity contribution in [1.29, 1.82) is 0 Å². The van der Waals surface area contributed by atoms with E-state index in [-0.39, 0.29) is 11.4 Å². The van der Waals surface area contributed by atoms with E-state index in [1.807, 2.05) is 4.72 Å². The molecule has 0 radical (unpaired) electrons. The highest BCUT2D eigenvalue weighted by atomic mass is 32.2. The second-order valence-corrected chi connectivity index (χ2v) is 5.04. The molecule has 0 atom stereocenters. The van der Waals surface area contributed by atoms with Crippen LogP contribution in [0.5, 0.6) is 0 Å². The van der Waals surface area contributed by atoms with Crippen molar-refractivity contribution in [1.82, 2.24) is 4.72 Å². The Morgan fingerprint density at radius 3 is 2.53 bits per heavy atom. The molecule has 0 unspecified atom stereocenters. The van der Waals surface area contributed by atoms with Crippen LogP contribution in [0, 0.1) is 5.82 Å². The lowest BCUT2D eigenvalue weighted by molar-refractivity contribution is -0.118. The molecule has 1 heterocycles. The maximum atomic E-state index is 12.8. The maximum Gasteiger partial charge on any atom is 0.342 e. The van der Waals surface area contributed by atoms with Gasteiger partial charge in [0.1, 0.15) is 12.4 Å². The van der Waals surface area contributed by atoms with Gasteiger partial charge in [-0.3, -0.25) is 9.52 Å². The van der Waals surface area contributed by atoms with Crippen LogP contribution in [0.3, 0.4) is 0 Å². The molecule has 6 nitrogen and oxygen atoms in total. The summed E-state index contributed by atoms with van der Waals surface area (Å²) in [6.07, 6.45) is 1.19. The van der Waals surface area contributed by atoms with Crippen LogP contribution in [-0.2, 0) is 15.0 Å². The highest BCUT2D eigenvalue weighted by molar-refractivity contribution is 7.88. The molecule has 1 aliphatic rings. The molecule has 1 aromatic rings. The number of halogens is 1. The van der Waals surface area contributed by atoms with Crippen molar-refractivity contribution < 1.29 is 22.7 Å². The van der Waals surface area contributed by atoms with Gasteiger partial charge in [0.25, 0.3) is 0 Å². The number of aliphatic hydroxyl groups is 1. The van der Waals surface area contributed by atoms with Crippen LogP contribution < -0.4 is 4.72 Å². The molecular weight excluding hydrogens is 275 g/mol. The second kappa shape index (κ2) is 4.90. The van der Waals surface area contributed by atoms with Crippen molar-refractivity contribution in [3.8, 4) is 0 Å². The van der Waals surface area contributed by atoms with Gasteiger partial charge in [0.2, 0.25) is 5.78 Å². The van der Waals surface area contributed by atoms with E-state index in [0.29, 0.717) is 5.56 Å². The summed E-state index contributed by atoms with van der Waals surface area (Å²) in [5, 5.41) is 8.74. The van der Waals surface area contributed by atoms with E-state index in [1.54, 1.807) is 0 Å². The molecule has 0 saturated heterocycles. The van der Waals surface area contributed by atoms with Crippen LogP contribution in [0.2, 0.25) is 0 Å². The predicted octanol–water partition coefficient (Wildman–Crippen LogP) is -0.0919. The van der Waals surface area contributed by atoms with Crippen LogP contribution in [0.4, 0.5) is 4.39 Å². The number of nitrogens with one attached hydrogen (secondary N) is 1. The van der Waals surface area contributed by atoms with Crippen LogP contribution in [0.15, 0.2) is 40.4 Å². The Bertz CT molecular complexity index is 677. The zero-order valence-electron chi connectivity index (χ0n) is 9.50. The molecule has 100 valence electrons. The summed E-state index contributed by atoms with van der Waals surface area (Å²) >= 11 is 0. The van der Waals surface area contributed by atoms with E-state index in [2.05, 4.69) is 4.40 Å². The summed E-state index contributed by atoms with van der Waals surface area (Å²) in [5.41, 5.74) is 0.0575. The summed E-state index contributed by atoms with van der Waals surface area (Å²) < 4.78 is 41.1. The standard InChI is InChI=1S/C11H9FN2O4S/c12-8-3-1-7(2-4-8)9-5-10(11(16)6-15)14-19(17,18)13-9/h1-5,14-15H,6H2. The van der Waals surface area contributed by atoms with E-state index < -0.39 is 28.4 Å². The number of carbonyl (C=O) groups is 1. The third-order valence-corrected chi connectivity index (χ3v) is 3.24. The van der Waals surface area contributed by atoms with Crippen molar-refractivity contribution in [2.24, 2.45) is 4.40 Å². The van der Waals surface area contributed by atoms with Gasteiger partial charge in [-0.15, -0.1) is 4.40 Å². The molecule has 0 spiro atoms. The summed E-state index contributed by atoms with van der Waals surface area (Å²) in [5.74, 6) is -1.25. The largest absolute Gasteiger partial charge is 0.388 e. The molecule has 1 aliphatic heterocycles. The number of ketones is 1. The Kier molecular flexibility index (Phi) is 3.45. The number of hydrogen-bond donors (Lipinski definition) is 2. The van der Waals surface area contributed by atoms with E-state index in [0.717, 1.165) is 12.1 Å². The van der Waals surface area contributed by atoms with E-state index in [4.69, 9.17) is 5.11 Å². The summed E-state index contributed by atoms with van der Waals surface area (Å²) in [7, 11) is -4.05. The molecule has 0 aromatic heterocycles. The van der Waals surface area contributed by atoms with E-state index in [9.17, 15) is 17.6 Å². The summed E-state index contributed by atoms with van der Waals surface area (Å²) in [6, 6.07) is 4.97. The monoisotopic (exact) mass is 284 g/mol. The Hall–Kier alpha value is -2.06. The van der Waals surface area contributed by atoms with Gasteiger partial charge in [0.15, 0.2) is 0 Å². The molecule has 8 heteroatoms. The van der Waals surface area contributed by atoms with Crippen LogP contribution in [-0.4, -0.2) is 31.6 Å². The van der Waals surface area contributed by atoms with Crippen molar-refractivity contribution in [2.45, 2.75) is 0 Å². The minimum Gasteiger partial charge on any atom is -0.388 e. The molecule has 0 bridgehead atoms. The molecule has 2 rings (SSSR count). The van der Waals surface area contributed by atoms with Crippen LogP contribution in [0.25, 0.3) is 0 Å². The Morgan fingerprint density at radius 2 is 1.95 bits per heavy atom. The van der Waals surface area contributed by atoms with Crippen LogP contribution >= 0.6 is 0 Å². The van der Waals surface area contributed by atoms with E-state index in [1.165, 1.54) is 18.2 Å². The number of allylic oxidation sites excluding steroid dienone is 1. The molecule has 19 heavy (non-hydrogen) atoms.